The Morgan fingerprint density at radius 3 is 2.64 bits per heavy atom. The molecule has 0 unspecified atom stereocenters. The van der Waals surface area contributed by atoms with Gasteiger partial charge in [0.15, 0.2) is 0 Å². The molecule has 0 aliphatic rings. The Labute approximate surface area is 173 Å². The van der Waals surface area contributed by atoms with Gasteiger partial charge in [-0.15, -0.1) is 16.4 Å². The molecule has 142 valence electrons. The molecule has 2 heterocycles. The molecule has 8 nitrogen and oxygen atoms in total. The second-order valence-electron chi connectivity index (χ2n) is 5.19. The fourth-order valence-corrected chi connectivity index (χ4v) is 3.25. The van der Waals surface area contributed by atoms with Crippen molar-refractivity contribution in [1.29, 1.82) is 0 Å². The molecule has 11 heteroatoms. The van der Waals surface area contributed by atoms with E-state index in [1.807, 2.05) is 0 Å². The quantitative estimate of drug-likeness (QED) is 0.364. The van der Waals surface area contributed by atoms with Crippen molar-refractivity contribution in [2.45, 2.75) is 0 Å². The second kappa shape index (κ2) is 8.74. The van der Waals surface area contributed by atoms with Crippen molar-refractivity contribution in [3.63, 3.8) is 0 Å². The van der Waals surface area contributed by atoms with Gasteiger partial charge in [-0.2, -0.15) is 0 Å². The van der Waals surface area contributed by atoms with E-state index in [1.54, 1.807) is 42.5 Å². The molecular weight excluding hydrogens is 424 g/mol. The first-order valence-corrected chi connectivity index (χ1v) is 9.28. The van der Waals surface area contributed by atoms with Crippen LogP contribution >= 0.6 is 35.2 Å². The van der Waals surface area contributed by atoms with Gasteiger partial charge in [-0.05, 0) is 36.5 Å². The lowest BCUT2D eigenvalue weighted by Crippen LogP contribution is -2.44. The van der Waals surface area contributed by atoms with Crippen LogP contribution in [0.5, 0.6) is 5.88 Å². The summed E-state index contributed by atoms with van der Waals surface area (Å²) in [5.41, 5.74) is 0.298. The van der Waals surface area contributed by atoms with Gasteiger partial charge in [0.2, 0.25) is 5.11 Å². The van der Waals surface area contributed by atoms with E-state index < -0.39 is 10.8 Å². The number of anilines is 1. The highest BCUT2D eigenvalue weighted by atomic mass is 35.5. The number of carbonyl (C=O) groups is 1. The number of aromatic nitrogens is 1. The molecule has 1 N–H and O–H groups in total. The summed E-state index contributed by atoms with van der Waals surface area (Å²) in [5.74, 6) is -0.521. The number of amides is 1. The predicted molar refractivity (Wildman–Crippen MR) is 110 cm³/mol. The first-order chi connectivity index (χ1) is 13.4. The fourth-order valence-electron chi connectivity index (χ4n) is 2.08. The molecule has 28 heavy (non-hydrogen) atoms. The average Bonchev–Trinajstić information content (AvgIpc) is 3.13. The monoisotopic (exact) mass is 434 g/mol. The maximum Gasteiger partial charge on any atom is 0.276 e. The van der Waals surface area contributed by atoms with E-state index in [2.05, 4.69) is 10.3 Å². The van der Waals surface area contributed by atoms with Gasteiger partial charge in [-0.1, -0.05) is 29.8 Å². The van der Waals surface area contributed by atoms with Crippen molar-refractivity contribution in [2.75, 3.05) is 5.06 Å². The van der Waals surface area contributed by atoms with Gasteiger partial charge >= 0.3 is 0 Å². The van der Waals surface area contributed by atoms with E-state index in [4.69, 9.17) is 28.7 Å². The van der Waals surface area contributed by atoms with Crippen molar-refractivity contribution in [3.8, 4) is 5.88 Å². The summed E-state index contributed by atoms with van der Waals surface area (Å²) in [5, 5.41) is 14.6. The van der Waals surface area contributed by atoms with Crippen molar-refractivity contribution < 1.29 is 14.6 Å². The van der Waals surface area contributed by atoms with E-state index in [9.17, 15) is 14.9 Å². The van der Waals surface area contributed by atoms with Gasteiger partial charge in [0.25, 0.3) is 17.5 Å². The third-order valence-corrected chi connectivity index (χ3v) is 4.80. The van der Waals surface area contributed by atoms with Crippen LogP contribution in [0, 0.1) is 10.1 Å². The molecule has 0 fully saturated rings. The van der Waals surface area contributed by atoms with Crippen LogP contribution in [0.2, 0.25) is 4.34 Å². The van der Waals surface area contributed by atoms with Crippen LogP contribution in [0.4, 0.5) is 11.4 Å². The number of rotatable bonds is 5. The molecule has 3 aromatic rings. The van der Waals surface area contributed by atoms with Gasteiger partial charge < -0.3 is 4.84 Å². The van der Waals surface area contributed by atoms with Crippen LogP contribution in [-0.2, 0) is 0 Å². The predicted octanol–water partition coefficient (Wildman–Crippen LogP) is 4.22. The number of hydrogen-bond acceptors (Lipinski definition) is 7. The van der Waals surface area contributed by atoms with Crippen LogP contribution in [-0.4, -0.2) is 20.9 Å². The number of para-hydroxylation sites is 1. The van der Waals surface area contributed by atoms with Crippen molar-refractivity contribution in [2.24, 2.45) is 0 Å². The summed E-state index contributed by atoms with van der Waals surface area (Å²) in [4.78, 5) is 32.7. The summed E-state index contributed by atoms with van der Waals surface area (Å²) in [6.07, 6.45) is 1.24. The molecule has 0 aliphatic carbocycles. The van der Waals surface area contributed by atoms with Crippen LogP contribution in [0.3, 0.4) is 0 Å². The molecule has 1 aromatic carbocycles. The smallest absolute Gasteiger partial charge is 0.276 e. The summed E-state index contributed by atoms with van der Waals surface area (Å²) < 4.78 is 0.466. The van der Waals surface area contributed by atoms with Crippen molar-refractivity contribution in [3.05, 3.63) is 80.1 Å². The Morgan fingerprint density at radius 1 is 1.25 bits per heavy atom. The molecule has 0 atom stereocenters. The number of nitro groups is 1. The van der Waals surface area contributed by atoms with E-state index in [1.165, 1.54) is 12.3 Å². The molecule has 0 saturated carbocycles. The highest BCUT2D eigenvalue weighted by Crippen LogP contribution is 2.23. The van der Waals surface area contributed by atoms with Crippen LogP contribution < -0.4 is 15.2 Å². The molecule has 0 spiro atoms. The van der Waals surface area contributed by atoms with Crippen molar-refractivity contribution in [1.82, 2.24) is 10.3 Å². The van der Waals surface area contributed by atoms with Gasteiger partial charge in [0.05, 0.1) is 25.9 Å². The summed E-state index contributed by atoms with van der Waals surface area (Å²) in [6.45, 7) is 0. The zero-order valence-corrected chi connectivity index (χ0v) is 16.3. The first-order valence-electron chi connectivity index (χ1n) is 7.68. The van der Waals surface area contributed by atoms with E-state index in [0.717, 1.165) is 22.5 Å². The van der Waals surface area contributed by atoms with Crippen molar-refractivity contribution >= 4 is 57.5 Å². The average molecular weight is 435 g/mol. The maximum atomic E-state index is 12.4. The lowest BCUT2D eigenvalue weighted by Gasteiger charge is -2.23. The number of halogens is 1. The second-order valence-corrected chi connectivity index (χ2v) is 7.30. The standard InChI is InChI=1S/C17H11ClN4O4S2/c18-14-7-6-13(28-14)16(23)20-17(27)21(11-4-2-1-3-5-11)26-15-10-12(22(24)25)8-9-19-15/h1-10H,(H,20,23,27). The minimum Gasteiger partial charge on any atom is -0.352 e. The van der Waals surface area contributed by atoms with Gasteiger partial charge in [0, 0.05) is 12.3 Å². The molecular formula is C17H11ClN4O4S2. The number of hydrogen-bond donors (Lipinski definition) is 1. The SMILES string of the molecule is O=C(NC(=S)N(Oc1cc([N+](=O)[O-])ccn1)c1ccccc1)c1ccc(Cl)s1. The van der Waals surface area contributed by atoms with E-state index >= 15 is 0 Å². The minimum atomic E-state index is -0.567. The Balaban J connectivity index is 1.85. The topological polar surface area (TPSA) is 97.6 Å². The zero-order chi connectivity index (χ0) is 20.1. The lowest BCUT2D eigenvalue weighted by molar-refractivity contribution is -0.385. The fraction of sp³-hybridized carbons (Fsp3) is 0. The number of hydroxylamine groups is 1. The molecule has 0 aliphatic heterocycles. The van der Waals surface area contributed by atoms with Gasteiger partial charge in [-0.25, -0.2) is 4.98 Å². The van der Waals surface area contributed by atoms with Gasteiger partial charge in [-0.3, -0.25) is 20.2 Å². The normalized spacial score (nSPS) is 10.2. The maximum absolute atomic E-state index is 12.4. The molecule has 0 radical (unpaired) electrons. The Morgan fingerprint density at radius 2 is 2.00 bits per heavy atom. The molecule has 0 bridgehead atoms. The van der Waals surface area contributed by atoms with E-state index in [0.29, 0.717) is 14.9 Å². The molecule has 3 rings (SSSR count). The third kappa shape index (κ3) is 4.80. The third-order valence-electron chi connectivity index (χ3n) is 3.31. The van der Waals surface area contributed by atoms with Crippen LogP contribution in [0.1, 0.15) is 9.67 Å². The van der Waals surface area contributed by atoms with Crippen LogP contribution in [0.25, 0.3) is 0 Å². The summed E-state index contributed by atoms with van der Waals surface area (Å²) in [7, 11) is 0. The van der Waals surface area contributed by atoms with E-state index in [-0.39, 0.29) is 16.7 Å². The summed E-state index contributed by atoms with van der Waals surface area (Å²) in [6, 6.07) is 14.2. The first kappa shape index (κ1) is 19.7. The highest BCUT2D eigenvalue weighted by molar-refractivity contribution is 7.80. The number of thiocarbonyl (C=S) groups is 1. The Kier molecular flexibility index (Phi) is 6.14. The highest BCUT2D eigenvalue weighted by Gasteiger charge is 2.20. The Hall–Kier alpha value is -3.08. The summed E-state index contributed by atoms with van der Waals surface area (Å²) >= 11 is 12.3. The minimum absolute atomic E-state index is 0.0613. The number of carbonyl (C=O) groups excluding carboxylic acids is 1. The lowest BCUT2D eigenvalue weighted by atomic mass is 10.3. The number of nitrogens with zero attached hydrogens (tertiary/aromatic N) is 3. The molecule has 2 aromatic heterocycles. The largest absolute Gasteiger partial charge is 0.352 e. The molecule has 1 amide bonds. The number of thiophene rings is 1. The molecule has 0 saturated heterocycles. The number of nitrogens with one attached hydrogen (secondary N) is 1. The number of benzene rings is 1. The number of pyridine rings is 1. The zero-order valence-electron chi connectivity index (χ0n) is 13.9. The van der Waals surface area contributed by atoms with Crippen LogP contribution in [0.15, 0.2) is 60.8 Å². The van der Waals surface area contributed by atoms with Gasteiger partial charge in [0.1, 0.15) is 0 Å². The Bertz CT molecular complexity index is 1030.